The predicted molar refractivity (Wildman–Crippen MR) is 66.0 cm³/mol. The average molecular weight is 237 g/mol. The molecule has 4 nitrogen and oxygen atoms in total. The number of nitrogens with one attached hydrogen (secondary N) is 1. The van der Waals surface area contributed by atoms with E-state index in [0.29, 0.717) is 6.61 Å². The lowest BCUT2D eigenvalue weighted by atomic mass is 10.2. The van der Waals surface area contributed by atoms with E-state index in [0.717, 1.165) is 30.8 Å². The van der Waals surface area contributed by atoms with Crippen molar-refractivity contribution in [3.63, 3.8) is 0 Å². The van der Waals surface area contributed by atoms with Crippen LogP contribution in [0, 0.1) is 0 Å². The summed E-state index contributed by atoms with van der Waals surface area (Å²) in [5.41, 5.74) is 1.13. The Morgan fingerprint density at radius 2 is 2.12 bits per heavy atom. The van der Waals surface area contributed by atoms with Crippen molar-refractivity contribution in [2.24, 2.45) is 0 Å². The van der Waals surface area contributed by atoms with Gasteiger partial charge in [-0.1, -0.05) is 18.2 Å². The van der Waals surface area contributed by atoms with Crippen LogP contribution in [-0.4, -0.2) is 26.2 Å². The molecule has 0 spiro atoms. The molecule has 0 saturated heterocycles. The van der Waals surface area contributed by atoms with Crippen LogP contribution in [-0.2, 0) is 16.1 Å². The molecule has 0 aromatic heterocycles. The third-order valence-electron chi connectivity index (χ3n) is 2.31. The molecule has 1 aromatic carbocycles. The second kappa shape index (κ2) is 7.68. The predicted octanol–water partition coefficient (Wildman–Crippen LogP) is 1.74. The highest BCUT2D eigenvalue weighted by Gasteiger charge is 2.00. The Hall–Kier alpha value is -1.55. The molecule has 4 heteroatoms. The van der Waals surface area contributed by atoms with E-state index in [1.807, 2.05) is 24.3 Å². The van der Waals surface area contributed by atoms with Gasteiger partial charge in [-0.3, -0.25) is 4.79 Å². The third-order valence-corrected chi connectivity index (χ3v) is 2.31. The molecule has 1 rings (SSSR count). The molecular weight excluding hydrogens is 218 g/mol. The molecule has 0 atom stereocenters. The fourth-order valence-electron chi connectivity index (χ4n) is 1.49. The topological polar surface area (TPSA) is 47.6 Å². The first-order valence-electron chi connectivity index (χ1n) is 5.70. The quantitative estimate of drug-likeness (QED) is 0.579. The highest BCUT2D eigenvalue weighted by atomic mass is 16.5. The standard InChI is InChI=1S/C13H19NO3/c1-11(15)17-9-5-8-14-10-12-6-3-4-7-13(12)16-2/h3-4,6-7,14H,5,8-10H2,1-2H3. The highest BCUT2D eigenvalue weighted by Crippen LogP contribution is 2.16. The molecule has 0 radical (unpaired) electrons. The van der Waals surface area contributed by atoms with E-state index < -0.39 is 0 Å². The third kappa shape index (κ3) is 5.36. The Kier molecular flexibility index (Phi) is 6.10. The number of rotatable bonds is 7. The van der Waals surface area contributed by atoms with E-state index in [9.17, 15) is 4.79 Å². The maximum Gasteiger partial charge on any atom is 0.302 e. The van der Waals surface area contributed by atoms with Crippen LogP contribution >= 0.6 is 0 Å². The number of methoxy groups -OCH3 is 1. The van der Waals surface area contributed by atoms with Gasteiger partial charge >= 0.3 is 5.97 Å². The Morgan fingerprint density at radius 3 is 2.82 bits per heavy atom. The van der Waals surface area contributed by atoms with Gasteiger partial charge in [0.05, 0.1) is 13.7 Å². The molecule has 1 aromatic rings. The van der Waals surface area contributed by atoms with Gasteiger partial charge in [0, 0.05) is 19.0 Å². The van der Waals surface area contributed by atoms with Gasteiger partial charge in [-0.2, -0.15) is 0 Å². The second-order valence-electron chi connectivity index (χ2n) is 3.68. The first-order chi connectivity index (χ1) is 8.24. The Labute approximate surface area is 102 Å². The Balaban J connectivity index is 2.19. The van der Waals surface area contributed by atoms with Crippen molar-refractivity contribution in [1.29, 1.82) is 0 Å². The zero-order valence-corrected chi connectivity index (χ0v) is 10.4. The summed E-state index contributed by atoms with van der Waals surface area (Å²) in [5, 5.41) is 3.28. The molecule has 0 fully saturated rings. The Bertz CT molecular complexity index is 352. The van der Waals surface area contributed by atoms with Crippen LogP contribution in [0.25, 0.3) is 0 Å². The van der Waals surface area contributed by atoms with Gasteiger partial charge in [0.1, 0.15) is 5.75 Å². The lowest BCUT2D eigenvalue weighted by Crippen LogP contribution is -2.17. The smallest absolute Gasteiger partial charge is 0.302 e. The molecule has 0 aliphatic heterocycles. The van der Waals surface area contributed by atoms with Gasteiger partial charge in [0.2, 0.25) is 0 Å². The maximum atomic E-state index is 10.5. The van der Waals surface area contributed by atoms with Crippen molar-refractivity contribution < 1.29 is 14.3 Å². The van der Waals surface area contributed by atoms with Crippen molar-refractivity contribution >= 4 is 5.97 Å². The summed E-state index contributed by atoms with van der Waals surface area (Å²) in [6.45, 7) is 3.45. The lowest BCUT2D eigenvalue weighted by Gasteiger charge is -2.09. The van der Waals surface area contributed by atoms with Gasteiger partial charge < -0.3 is 14.8 Å². The lowest BCUT2D eigenvalue weighted by molar-refractivity contribution is -0.141. The minimum atomic E-state index is -0.227. The van der Waals surface area contributed by atoms with E-state index in [2.05, 4.69) is 5.32 Å². The van der Waals surface area contributed by atoms with Crippen molar-refractivity contribution in [2.75, 3.05) is 20.3 Å². The first-order valence-corrected chi connectivity index (χ1v) is 5.70. The van der Waals surface area contributed by atoms with E-state index in [1.54, 1.807) is 7.11 Å². The summed E-state index contributed by atoms with van der Waals surface area (Å²) >= 11 is 0. The van der Waals surface area contributed by atoms with Crippen molar-refractivity contribution in [3.05, 3.63) is 29.8 Å². The molecule has 0 amide bonds. The number of carbonyl (C=O) groups is 1. The molecule has 0 saturated carbocycles. The van der Waals surface area contributed by atoms with Gasteiger partial charge in [-0.25, -0.2) is 0 Å². The zero-order valence-electron chi connectivity index (χ0n) is 10.4. The van der Waals surface area contributed by atoms with Crippen LogP contribution in [0.5, 0.6) is 5.75 Å². The number of esters is 1. The molecule has 94 valence electrons. The van der Waals surface area contributed by atoms with Crippen LogP contribution in [0.15, 0.2) is 24.3 Å². The molecule has 0 aliphatic rings. The van der Waals surface area contributed by atoms with Gasteiger partial charge in [0.15, 0.2) is 0 Å². The highest BCUT2D eigenvalue weighted by molar-refractivity contribution is 5.65. The monoisotopic (exact) mass is 237 g/mol. The molecule has 0 unspecified atom stereocenters. The van der Waals surface area contributed by atoms with Crippen molar-refractivity contribution in [3.8, 4) is 5.75 Å². The molecule has 1 N–H and O–H groups in total. The minimum Gasteiger partial charge on any atom is -0.496 e. The number of benzene rings is 1. The normalized spacial score (nSPS) is 10.0. The van der Waals surface area contributed by atoms with Gasteiger partial charge in [0.25, 0.3) is 0 Å². The molecule has 17 heavy (non-hydrogen) atoms. The maximum absolute atomic E-state index is 10.5. The van der Waals surface area contributed by atoms with Crippen LogP contribution in [0.2, 0.25) is 0 Å². The fourth-order valence-corrected chi connectivity index (χ4v) is 1.49. The summed E-state index contributed by atoms with van der Waals surface area (Å²) in [6, 6.07) is 7.90. The van der Waals surface area contributed by atoms with Crippen LogP contribution in [0.4, 0.5) is 0 Å². The van der Waals surface area contributed by atoms with E-state index in [1.165, 1.54) is 6.92 Å². The summed E-state index contributed by atoms with van der Waals surface area (Å²) < 4.78 is 10.1. The average Bonchev–Trinajstić information content (AvgIpc) is 2.33. The van der Waals surface area contributed by atoms with Crippen LogP contribution in [0.1, 0.15) is 18.9 Å². The zero-order chi connectivity index (χ0) is 12.5. The first kappa shape index (κ1) is 13.5. The number of hydrogen-bond acceptors (Lipinski definition) is 4. The summed E-state index contributed by atoms with van der Waals surface area (Å²) in [5.74, 6) is 0.662. The van der Waals surface area contributed by atoms with Gasteiger partial charge in [-0.05, 0) is 19.0 Å². The summed E-state index contributed by atoms with van der Waals surface area (Å²) in [4.78, 5) is 10.5. The summed E-state index contributed by atoms with van der Waals surface area (Å²) in [6.07, 6.45) is 0.814. The van der Waals surface area contributed by atoms with Gasteiger partial charge in [-0.15, -0.1) is 0 Å². The SMILES string of the molecule is COc1ccccc1CNCCCOC(C)=O. The molecular formula is C13H19NO3. The second-order valence-corrected chi connectivity index (χ2v) is 3.68. The van der Waals surface area contributed by atoms with Crippen LogP contribution < -0.4 is 10.1 Å². The Morgan fingerprint density at radius 1 is 1.35 bits per heavy atom. The largest absolute Gasteiger partial charge is 0.496 e. The van der Waals surface area contributed by atoms with Crippen molar-refractivity contribution in [2.45, 2.75) is 19.9 Å². The molecule has 0 aliphatic carbocycles. The van der Waals surface area contributed by atoms with Crippen LogP contribution in [0.3, 0.4) is 0 Å². The van der Waals surface area contributed by atoms with E-state index in [-0.39, 0.29) is 5.97 Å². The number of para-hydroxylation sites is 1. The number of carbonyl (C=O) groups excluding carboxylic acids is 1. The molecule has 0 heterocycles. The number of ether oxygens (including phenoxy) is 2. The molecule has 0 bridgehead atoms. The summed E-state index contributed by atoms with van der Waals surface area (Å²) in [7, 11) is 1.67. The van der Waals surface area contributed by atoms with E-state index >= 15 is 0 Å². The fraction of sp³-hybridized carbons (Fsp3) is 0.462. The minimum absolute atomic E-state index is 0.227. The van der Waals surface area contributed by atoms with E-state index in [4.69, 9.17) is 9.47 Å². The number of hydrogen-bond donors (Lipinski definition) is 1. The van der Waals surface area contributed by atoms with Crippen molar-refractivity contribution in [1.82, 2.24) is 5.32 Å².